The SMILES string of the molecule is COc1ccc(C(C)N2CC(C(C)C(=O)O)C2)c(OC)c1. The first-order valence-electron chi connectivity index (χ1n) is 7.16. The predicted octanol–water partition coefficient (Wildman–Crippen LogP) is 2.42. The summed E-state index contributed by atoms with van der Waals surface area (Å²) >= 11 is 0. The van der Waals surface area contributed by atoms with E-state index in [0.29, 0.717) is 0 Å². The highest BCUT2D eigenvalue weighted by Gasteiger charge is 2.37. The van der Waals surface area contributed by atoms with Gasteiger partial charge in [0, 0.05) is 30.8 Å². The third-order valence-corrected chi connectivity index (χ3v) is 4.47. The zero-order valence-electron chi connectivity index (χ0n) is 13.0. The number of methoxy groups -OCH3 is 2. The Bertz CT molecular complexity index is 511. The quantitative estimate of drug-likeness (QED) is 0.873. The molecule has 5 nitrogen and oxygen atoms in total. The van der Waals surface area contributed by atoms with Crippen LogP contribution in [-0.2, 0) is 4.79 Å². The molecule has 1 heterocycles. The molecule has 1 aliphatic rings. The van der Waals surface area contributed by atoms with E-state index < -0.39 is 5.97 Å². The number of carbonyl (C=O) groups is 1. The van der Waals surface area contributed by atoms with Crippen LogP contribution in [0.3, 0.4) is 0 Å². The fraction of sp³-hybridized carbons (Fsp3) is 0.562. The van der Waals surface area contributed by atoms with E-state index in [1.165, 1.54) is 0 Å². The smallest absolute Gasteiger partial charge is 0.306 e. The lowest BCUT2D eigenvalue weighted by molar-refractivity contribution is -0.146. The Kier molecular flexibility index (Phi) is 4.73. The summed E-state index contributed by atoms with van der Waals surface area (Å²) in [7, 11) is 3.28. The Morgan fingerprint density at radius 1 is 1.29 bits per heavy atom. The van der Waals surface area contributed by atoms with Crippen molar-refractivity contribution < 1.29 is 19.4 Å². The van der Waals surface area contributed by atoms with Gasteiger partial charge in [0.1, 0.15) is 11.5 Å². The number of ether oxygens (including phenoxy) is 2. The Balaban J connectivity index is 2.05. The van der Waals surface area contributed by atoms with Crippen LogP contribution in [-0.4, -0.2) is 43.3 Å². The number of carboxylic acid groups (broad SMARTS) is 1. The summed E-state index contributed by atoms with van der Waals surface area (Å²) in [6.07, 6.45) is 0. The van der Waals surface area contributed by atoms with Crippen LogP contribution < -0.4 is 9.47 Å². The molecule has 2 rings (SSSR count). The van der Waals surface area contributed by atoms with Gasteiger partial charge >= 0.3 is 5.97 Å². The van der Waals surface area contributed by atoms with Crippen molar-refractivity contribution in [3.8, 4) is 11.5 Å². The average molecular weight is 293 g/mol. The molecule has 0 aromatic heterocycles. The van der Waals surface area contributed by atoms with E-state index in [1.807, 2.05) is 18.2 Å². The van der Waals surface area contributed by atoms with Gasteiger partial charge in [0.2, 0.25) is 0 Å². The number of rotatable bonds is 6. The van der Waals surface area contributed by atoms with Crippen molar-refractivity contribution >= 4 is 5.97 Å². The second-order valence-electron chi connectivity index (χ2n) is 5.62. The van der Waals surface area contributed by atoms with E-state index >= 15 is 0 Å². The fourth-order valence-electron chi connectivity index (χ4n) is 2.74. The summed E-state index contributed by atoms with van der Waals surface area (Å²) in [6, 6.07) is 6.01. The molecule has 1 aliphatic heterocycles. The lowest BCUT2D eigenvalue weighted by Gasteiger charge is -2.45. The van der Waals surface area contributed by atoms with Crippen LogP contribution in [0.4, 0.5) is 0 Å². The summed E-state index contributed by atoms with van der Waals surface area (Å²) in [5.41, 5.74) is 1.10. The van der Waals surface area contributed by atoms with Crippen LogP contribution in [0.15, 0.2) is 18.2 Å². The molecule has 0 aliphatic carbocycles. The zero-order valence-corrected chi connectivity index (χ0v) is 13.0. The second kappa shape index (κ2) is 6.35. The maximum Gasteiger partial charge on any atom is 0.306 e. The van der Waals surface area contributed by atoms with Gasteiger partial charge in [0.25, 0.3) is 0 Å². The van der Waals surface area contributed by atoms with Crippen molar-refractivity contribution in [3.05, 3.63) is 23.8 Å². The molecule has 0 saturated carbocycles. The van der Waals surface area contributed by atoms with Crippen LogP contribution in [0.5, 0.6) is 11.5 Å². The van der Waals surface area contributed by atoms with Crippen molar-refractivity contribution in [3.63, 3.8) is 0 Å². The standard InChI is InChI=1S/C16H23NO4/c1-10(16(18)19)12-8-17(9-12)11(2)14-6-5-13(20-3)7-15(14)21-4/h5-7,10-12H,8-9H2,1-4H3,(H,18,19). The number of hydrogen-bond donors (Lipinski definition) is 1. The molecule has 5 heteroatoms. The van der Waals surface area contributed by atoms with Crippen LogP contribution >= 0.6 is 0 Å². The van der Waals surface area contributed by atoms with Crippen molar-refractivity contribution in [1.82, 2.24) is 4.90 Å². The zero-order chi connectivity index (χ0) is 15.6. The minimum atomic E-state index is -0.714. The molecule has 116 valence electrons. The first-order chi connectivity index (χ1) is 9.97. The molecule has 2 atom stereocenters. The number of aliphatic carboxylic acids is 1. The average Bonchev–Trinajstić information content (AvgIpc) is 2.44. The van der Waals surface area contributed by atoms with Gasteiger partial charge in [-0.25, -0.2) is 0 Å². The molecule has 21 heavy (non-hydrogen) atoms. The van der Waals surface area contributed by atoms with E-state index in [0.717, 1.165) is 30.2 Å². The van der Waals surface area contributed by atoms with Crippen LogP contribution in [0, 0.1) is 11.8 Å². The first-order valence-corrected chi connectivity index (χ1v) is 7.16. The molecule has 0 spiro atoms. The summed E-state index contributed by atoms with van der Waals surface area (Å²) < 4.78 is 10.6. The van der Waals surface area contributed by atoms with E-state index in [-0.39, 0.29) is 17.9 Å². The fourth-order valence-corrected chi connectivity index (χ4v) is 2.74. The highest BCUT2D eigenvalue weighted by atomic mass is 16.5. The minimum Gasteiger partial charge on any atom is -0.497 e. The van der Waals surface area contributed by atoms with E-state index in [9.17, 15) is 4.79 Å². The molecule has 1 N–H and O–H groups in total. The van der Waals surface area contributed by atoms with Gasteiger partial charge < -0.3 is 14.6 Å². The van der Waals surface area contributed by atoms with E-state index in [1.54, 1.807) is 21.1 Å². The summed E-state index contributed by atoms with van der Waals surface area (Å²) in [5, 5.41) is 9.05. The van der Waals surface area contributed by atoms with Crippen LogP contribution in [0.2, 0.25) is 0 Å². The molecular formula is C16H23NO4. The lowest BCUT2D eigenvalue weighted by atomic mass is 9.85. The van der Waals surface area contributed by atoms with Gasteiger partial charge in [0.05, 0.1) is 20.1 Å². The molecular weight excluding hydrogens is 270 g/mol. The maximum absolute atomic E-state index is 11.0. The molecule has 0 radical (unpaired) electrons. The molecule has 1 saturated heterocycles. The van der Waals surface area contributed by atoms with Crippen molar-refractivity contribution in [2.75, 3.05) is 27.3 Å². The Morgan fingerprint density at radius 2 is 1.95 bits per heavy atom. The third-order valence-electron chi connectivity index (χ3n) is 4.47. The van der Waals surface area contributed by atoms with Crippen LogP contribution in [0.1, 0.15) is 25.5 Å². The topological polar surface area (TPSA) is 59.0 Å². The van der Waals surface area contributed by atoms with E-state index in [4.69, 9.17) is 14.6 Å². The highest BCUT2D eigenvalue weighted by molar-refractivity contribution is 5.70. The molecule has 1 aromatic carbocycles. The number of benzene rings is 1. The number of nitrogens with zero attached hydrogens (tertiary/aromatic N) is 1. The summed E-state index contributed by atoms with van der Waals surface area (Å²) in [4.78, 5) is 13.3. The number of likely N-dealkylation sites (tertiary alicyclic amines) is 1. The molecule has 1 fully saturated rings. The number of hydrogen-bond acceptors (Lipinski definition) is 4. The van der Waals surface area contributed by atoms with Crippen molar-refractivity contribution in [1.29, 1.82) is 0 Å². The van der Waals surface area contributed by atoms with Gasteiger partial charge in [-0.15, -0.1) is 0 Å². The van der Waals surface area contributed by atoms with Gasteiger partial charge in [0.15, 0.2) is 0 Å². The first kappa shape index (κ1) is 15.6. The van der Waals surface area contributed by atoms with E-state index in [2.05, 4.69) is 11.8 Å². The van der Waals surface area contributed by atoms with Gasteiger partial charge in [-0.1, -0.05) is 13.0 Å². The highest BCUT2D eigenvalue weighted by Crippen LogP contribution is 2.37. The largest absolute Gasteiger partial charge is 0.497 e. The van der Waals surface area contributed by atoms with Gasteiger partial charge in [-0.2, -0.15) is 0 Å². The molecule has 1 aromatic rings. The van der Waals surface area contributed by atoms with Crippen LogP contribution in [0.25, 0.3) is 0 Å². The minimum absolute atomic E-state index is 0.197. The monoisotopic (exact) mass is 293 g/mol. The third kappa shape index (κ3) is 3.13. The number of carboxylic acids is 1. The Labute approximate surface area is 125 Å². The normalized spacial score (nSPS) is 18.7. The summed E-state index contributed by atoms with van der Waals surface area (Å²) in [6.45, 7) is 5.52. The van der Waals surface area contributed by atoms with Gasteiger partial charge in [-0.05, 0) is 18.9 Å². The van der Waals surface area contributed by atoms with Gasteiger partial charge in [-0.3, -0.25) is 9.69 Å². The maximum atomic E-state index is 11.0. The molecule has 0 bridgehead atoms. The second-order valence-corrected chi connectivity index (χ2v) is 5.62. The Morgan fingerprint density at radius 3 is 2.48 bits per heavy atom. The molecule has 2 unspecified atom stereocenters. The lowest BCUT2D eigenvalue weighted by Crippen LogP contribution is -2.51. The van der Waals surface area contributed by atoms with Crippen molar-refractivity contribution in [2.24, 2.45) is 11.8 Å². The Hall–Kier alpha value is -1.75. The molecule has 0 amide bonds. The predicted molar refractivity (Wildman–Crippen MR) is 79.8 cm³/mol. The summed E-state index contributed by atoms with van der Waals surface area (Å²) in [5.74, 6) is 0.801. The van der Waals surface area contributed by atoms with Crippen molar-refractivity contribution in [2.45, 2.75) is 19.9 Å².